The Morgan fingerprint density at radius 3 is 2.57 bits per heavy atom. The number of halogens is 2. The van der Waals surface area contributed by atoms with E-state index in [-0.39, 0.29) is 24.1 Å². The lowest BCUT2D eigenvalue weighted by atomic mass is 10.2. The summed E-state index contributed by atoms with van der Waals surface area (Å²) in [7, 11) is 0. The van der Waals surface area contributed by atoms with Crippen molar-refractivity contribution >= 4 is 29.4 Å². The van der Waals surface area contributed by atoms with Gasteiger partial charge in [-0.2, -0.15) is 0 Å². The molecule has 1 aliphatic rings. The van der Waals surface area contributed by atoms with Gasteiger partial charge in [-0.05, 0) is 23.8 Å². The summed E-state index contributed by atoms with van der Waals surface area (Å²) in [5, 5.41) is 0.221. The number of piperazine rings is 1. The number of carbonyl (C=O) groups is 2. The fourth-order valence-corrected chi connectivity index (χ4v) is 2.53. The van der Waals surface area contributed by atoms with Crippen LogP contribution in [0.2, 0.25) is 5.02 Å². The summed E-state index contributed by atoms with van der Waals surface area (Å²) < 4.78 is 13.1. The van der Waals surface area contributed by atoms with E-state index in [0.29, 0.717) is 12.1 Å². The molecule has 1 saturated heterocycles. The highest BCUT2D eigenvalue weighted by atomic mass is 35.5. The van der Waals surface area contributed by atoms with Crippen molar-refractivity contribution in [2.45, 2.75) is 6.54 Å². The first-order valence-corrected chi connectivity index (χ1v) is 7.26. The second kappa shape index (κ2) is 6.29. The van der Waals surface area contributed by atoms with E-state index in [2.05, 4.69) is 9.97 Å². The van der Waals surface area contributed by atoms with Gasteiger partial charge in [-0.25, -0.2) is 14.4 Å². The first-order chi connectivity index (χ1) is 11.1. The molecule has 1 fully saturated rings. The van der Waals surface area contributed by atoms with E-state index in [0.717, 1.165) is 0 Å². The van der Waals surface area contributed by atoms with Crippen LogP contribution in [0.1, 0.15) is 5.56 Å². The highest BCUT2D eigenvalue weighted by Crippen LogP contribution is 2.21. The lowest BCUT2D eigenvalue weighted by molar-refractivity contribution is -0.146. The van der Waals surface area contributed by atoms with Crippen molar-refractivity contribution in [3.63, 3.8) is 0 Å². The van der Waals surface area contributed by atoms with Crippen molar-refractivity contribution in [2.75, 3.05) is 18.0 Å². The molecule has 0 N–H and O–H groups in total. The molecule has 8 heteroatoms. The lowest BCUT2D eigenvalue weighted by Crippen LogP contribution is -2.54. The van der Waals surface area contributed by atoms with Crippen LogP contribution in [0.25, 0.3) is 0 Å². The molecular weight excluding hydrogens is 323 g/mol. The van der Waals surface area contributed by atoms with Crippen molar-refractivity contribution in [2.24, 2.45) is 0 Å². The molecule has 2 amide bonds. The van der Waals surface area contributed by atoms with Crippen molar-refractivity contribution < 1.29 is 14.0 Å². The first-order valence-electron chi connectivity index (χ1n) is 6.88. The smallest absolute Gasteiger partial charge is 0.318 e. The van der Waals surface area contributed by atoms with Crippen LogP contribution in [-0.4, -0.2) is 39.8 Å². The van der Waals surface area contributed by atoms with E-state index in [1.807, 2.05) is 0 Å². The predicted molar refractivity (Wildman–Crippen MR) is 81.2 cm³/mol. The summed E-state index contributed by atoms with van der Waals surface area (Å²) in [6.07, 6.45) is 3.01. The molecule has 0 saturated carbocycles. The van der Waals surface area contributed by atoms with Gasteiger partial charge in [0.25, 0.3) is 0 Å². The van der Waals surface area contributed by atoms with E-state index in [1.54, 1.807) is 6.07 Å². The number of amides is 2. The van der Waals surface area contributed by atoms with Crippen molar-refractivity contribution in [3.05, 3.63) is 53.1 Å². The van der Waals surface area contributed by atoms with Gasteiger partial charge in [0.15, 0.2) is 0 Å². The fraction of sp³-hybridized carbons (Fsp3) is 0.200. The Morgan fingerprint density at radius 1 is 1.13 bits per heavy atom. The summed E-state index contributed by atoms with van der Waals surface area (Å²) >= 11 is 5.96. The molecular formula is C15H12ClFN4O2. The Hall–Kier alpha value is -2.54. The zero-order chi connectivity index (χ0) is 16.4. The van der Waals surface area contributed by atoms with E-state index < -0.39 is 17.6 Å². The van der Waals surface area contributed by atoms with E-state index in [9.17, 15) is 14.0 Å². The van der Waals surface area contributed by atoms with Crippen molar-refractivity contribution in [1.82, 2.24) is 14.9 Å². The summed E-state index contributed by atoms with van der Waals surface area (Å²) in [5.41, 5.74) is 0.582. The number of carbonyl (C=O) groups excluding carboxylic acids is 2. The number of hydrogen-bond acceptors (Lipinski definition) is 4. The molecule has 0 radical (unpaired) electrons. The second-order valence-corrected chi connectivity index (χ2v) is 5.38. The Bertz CT molecular complexity index is 756. The van der Waals surface area contributed by atoms with E-state index in [1.165, 1.54) is 40.4 Å². The minimum absolute atomic E-state index is 0.146. The zero-order valence-electron chi connectivity index (χ0n) is 11.9. The maximum absolute atomic E-state index is 13.1. The largest absolute Gasteiger partial charge is 0.328 e. The maximum atomic E-state index is 13.1. The van der Waals surface area contributed by atoms with Crippen LogP contribution < -0.4 is 4.90 Å². The van der Waals surface area contributed by atoms with Gasteiger partial charge in [0.1, 0.15) is 5.82 Å². The van der Waals surface area contributed by atoms with Crippen molar-refractivity contribution in [1.29, 1.82) is 0 Å². The maximum Gasteiger partial charge on any atom is 0.318 e. The SMILES string of the molecule is O=C1C(=O)N(c2ncccn2)CCN1Cc1ccc(F)cc1Cl. The lowest BCUT2D eigenvalue weighted by Gasteiger charge is -2.32. The molecule has 0 aliphatic carbocycles. The minimum atomic E-state index is -0.694. The highest BCUT2D eigenvalue weighted by molar-refractivity contribution is 6.40. The number of benzene rings is 1. The van der Waals surface area contributed by atoms with Crippen LogP contribution in [0.4, 0.5) is 10.3 Å². The third-order valence-corrected chi connectivity index (χ3v) is 3.83. The minimum Gasteiger partial charge on any atom is -0.328 e. The van der Waals surface area contributed by atoms with Gasteiger partial charge in [-0.15, -0.1) is 0 Å². The van der Waals surface area contributed by atoms with Gasteiger partial charge in [0, 0.05) is 37.1 Å². The molecule has 118 valence electrons. The topological polar surface area (TPSA) is 66.4 Å². The average Bonchev–Trinajstić information content (AvgIpc) is 2.55. The van der Waals surface area contributed by atoms with Crippen LogP contribution in [0.3, 0.4) is 0 Å². The number of aromatic nitrogens is 2. The Morgan fingerprint density at radius 2 is 1.87 bits per heavy atom. The van der Waals surface area contributed by atoms with Gasteiger partial charge in [0.05, 0.1) is 0 Å². The number of nitrogens with zero attached hydrogens (tertiary/aromatic N) is 4. The average molecular weight is 335 g/mol. The van der Waals surface area contributed by atoms with Gasteiger partial charge in [-0.1, -0.05) is 17.7 Å². The molecule has 1 aromatic heterocycles. The normalized spacial score (nSPS) is 15.2. The fourth-order valence-electron chi connectivity index (χ4n) is 2.30. The van der Waals surface area contributed by atoms with Gasteiger partial charge >= 0.3 is 11.8 Å². The summed E-state index contributed by atoms with van der Waals surface area (Å²) in [6.45, 7) is 0.747. The second-order valence-electron chi connectivity index (χ2n) is 4.97. The van der Waals surface area contributed by atoms with E-state index >= 15 is 0 Å². The van der Waals surface area contributed by atoms with Crippen LogP contribution in [-0.2, 0) is 16.1 Å². The van der Waals surface area contributed by atoms with E-state index in [4.69, 9.17) is 11.6 Å². The molecule has 1 aliphatic heterocycles. The van der Waals surface area contributed by atoms with Crippen LogP contribution in [0.15, 0.2) is 36.7 Å². The molecule has 2 aromatic rings. The molecule has 0 bridgehead atoms. The molecule has 1 aromatic carbocycles. The monoisotopic (exact) mass is 334 g/mol. The molecule has 6 nitrogen and oxygen atoms in total. The highest BCUT2D eigenvalue weighted by Gasteiger charge is 2.34. The summed E-state index contributed by atoms with van der Waals surface area (Å²) in [4.78, 5) is 35.1. The van der Waals surface area contributed by atoms with Crippen molar-refractivity contribution in [3.8, 4) is 0 Å². The van der Waals surface area contributed by atoms with Crippen LogP contribution >= 0.6 is 11.6 Å². The van der Waals surface area contributed by atoms with Gasteiger partial charge in [-0.3, -0.25) is 14.5 Å². The number of hydrogen-bond donors (Lipinski definition) is 0. The predicted octanol–water partition coefficient (Wildman–Crippen LogP) is 1.64. The standard InChI is InChI=1S/C15H12ClFN4O2/c16-12-8-11(17)3-2-10(12)9-20-6-7-21(14(23)13(20)22)15-18-4-1-5-19-15/h1-5,8H,6-7,9H2. The molecule has 2 heterocycles. The quantitative estimate of drug-likeness (QED) is 0.800. The first kappa shape index (κ1) is 15.4. The zero-order valence-corrected chi connectivity index (χ0v) is 12.7. The van der Waals surface area contributed by atoms with Crippen LogP contribution in [0.5, 0.6) is 0 Å². The van der Waals surface area contributed by atoms with Crippen LogP contribution in [0, 0.1) is 5.82 Å². The number of rotatable bonds is 3. The Labute approximate surface area is 136 Å². The van der Waals surface area contributed by atoms with Gasteiger partial charge in [0.2, 0.25) is 5.95 Å². The van der Waals surface area contributed by atoms with Gasteiger partial charge < -0.3 is 4.90 Å². The summed E-state index contributed by atoms with van der Waals surface area (Å²) in [5.74, 6) is -1.61. The Balaban J connectivity index is 1.75. The Kier molecular flexibility index (Phi) is 4.20. The molecule has 3 rings (SSSR count). The summed E-state index contributed by atoms with van der Waals surface area (Å²) in [6, 6.07) is 5.57. The molecule has 0 spiro atoms. The molecule has 23 heavy (non-hydrogen) atoms. The molecule has 0 atom stereocenters. The third kappa shape index (κ3) is 3.14. The third-order valence-electron chi connectivity index (χ3n) is 3.48. The number of anilines is 1. The molecule has 0 unspecified atom stereocenters.